The SMILES string of the molecule is CN(CC(=O)NC(=O)Nc1ccc2c(c1)OCCO2)Cc1ccc(C(F)(F)F)cc1. The van der Waals surface area contributed by atoms with E-state index >= 15 is 0 Å². The number of hydrogen-bond acceptors (Lipinski definition) is 5. The molecule has 0 aliphatic carbocycles. The summed E-state index contributed by atoms with van der Waals surface area (Å²) in [5.74, 6) is 0.522. The third-order valence-corrected chi connectivity index (χ3v) is 4.20. The smallest absolute Gasteiger partial charge is 0.416 e. The van der Waals surface area contributed by atoms with E-state index in [2.05, 4.69) is 10.6 Å². The Bertz CT molecular complexity index is 917. The molecule has 2 aromatic carbocycles. The third-order valence-electron chi connectivity index (χ3n) is 4.20. The minimum absolute atomic E-state index is 0.115. The Kier molecular flexibility index (Phi) is 6.46. The fraction of sp³-hybridized carbons (Fsp3) is 0.300. The van der Waals surface area contributed by atoms with Gasteiger partial charge in [-0.2, -0.15) is 13.2 Å². The number of anilines is 1. The van der Waals surface area contributed by atoms with E-state index in [9.17, 15) is 22.8 Å². The minimum Gasteiger partial charge on any atom is -0.486 e. The first-order valence-corrected chi connectivity index (χ1v) is 9.06. The Balaban J connectivity index is 1.47. The summed E-state index contributed by atoms with van der Waals surface area (Å²) in [5, 5.41) is 4.74. The lowest BCUT2D eigenvalue weighted by molar-refractivity contribution is -0.137. The lowest BCUT2D eigenvalue weighted by atomic mass is 10.1. The van der Waals surface area contributed by atoms with Gasteiger partial charge in [-0.15, -0.1) is 0 Å². The molecule has 1 heterocycles. The zero-order chi connectivity index (χ0) is 21.7. The number of rotatable bonds is 5. The number of halogens is 3. The highest BCUT2D eigenvalue weighted by Gasteiger charge is 2.29. The number of imide groups is 1. The summed E-state index contributed by atoms with van der Waals surface area (Å²) in [4.78, 5) is 25.7. The molecule has 3 rings (SSSR count). The second kappa shape index (κ2) is 9.04. The molecule has 0 radical (unpaired) electrons. The van der Waals surface area contributed by atoms with Gasteiger partial charge in [0.15, 0.2) is 11.5 Å². The van der Waals surface area contributed by atoms with Crippen LogP contribution in [0.1, 0.15) is 11.1 Å². The number of urea groups is 1. The Labute approximate surface area is 170 Å². The molecule has 2 aromatic rings. The Morgan fingerprint density at radius 1 is 1.03 bits per heavy atom. The van der Waals surface area contributed by atoms with Crippen LogP contribution in [0.2, 0.25) is 0 Å². The maximum absolute atomic E-state index is 12.6. The van der Waals surface area contributed by atoms with E-state index in [1.807, 2.05) is 0 Å². The zero-order valence-corrected chi connectivity index (χ0v) is 16.1. The molecule has 3 amide bonds. The molecule has 0 bridgehead atoms. The summed E-state index contributed by atoms with van der Waals surface area (Å²) >= 11 is 0. The molecule has 0 saturated carbocycles. The van der Waals surface area contributed by atoms with E-state index in [-0.39, 0.29) is 13.1 Å². The summed E-state index contributed by atoms with van der Waals surface area (Å²) in [6.45, 7) is 0.992. The quantitative estimate of drug-likeness (QED) is 0.772. The number of carbonyl (C=O) groups excluding carboxylic acids is 2. The van der Waals surface area contributed by atoms with E-state index in [0.717, 1.165) is 12.1 Å². The van der Waals surface area contributed by atoms with E-state index in [0.29, 0.717) is 36.0 Å². The maximum atomic E-state index is 12.6. The van der Waals surface area contributed by atoms with E-state index in [1.54, 1.807) is 30.1 Å². The predicted molar refractivity (Wildman–Crippen MR) is 102 cm³/mol. The number of carbonyl (C=O) groups is 2. The molecular formula is C20H20F3N3O4. The first-order chi connectivity index (χ1) is 14.2. The highest BCUT2D eigenvalue weighted by Crippen LogP contribution is 2.32. The number of hydrogen-bond donors (Lipinski definition) is 2. The molecule has 0 saturated heterocycles. The fourth-order valence-electron chi connectivity index (χ4n) is 2.86. The highest BCUT2D eigenvalue weighted by atomic mass is 19.4. The normalized spacial score (nSPS) is 13.1. The molecule has 0 fully saturated rings. The van der Waals surface area contributed by atoms with E-state index < -0.39 is 23.7 Å². The van der Waals surface area contributed by atoms with Crippen LogP contribution in [0, 0.1) is 0 Å². The van der Waals surface area contributed by atoms with E-state index in [4.69, 9.17) is 9.47 Å². The van der Waals surface area contributed by atoms with Gasteiger partial charge in [0.05, 0.1) is 12.1 Å². The molecule has 30 heavy (non-hydrogen) atoms. The number of benzene rings is 2. The fourth-order valence-corrected chi connectivity index (χ4v) is 2.86. The lowest BCUT2D eigenvalue weighted by Crippen LogP contribution is -2.40. The summed E-state index contributed by atoms with van der Waals surface area (Å²) in [6, 6.07) is 8.85. The highest BCUT2D eigenvalue weighted by molar-refractivity contribution is 6.01. The number of nitrogens with zero attached hydrogens (tertiary/aromatic N) is 1. The molecule has 1 aliphatic heterocycles. The molecule has 0 aromatic heterocycles. The molecule has 0 atom stereocenters. The van der Waals surface area contributed by atoms with Crippen LogP contribution in [-0.2, 0) is 17.5 Å². The Hall–Kier alpha value is -3.27. The van der Waals surface area contributed by atoms with Crippen LogP contribution in [0.3, 0.4) is 0 Å². The Morgan fingerprint density at radius 3 is 2.37 bits per heavy atom. The summed E-state index contributed by atoms with van der Waals surface area (Å²) in [6.07, 6.45) is -4.39. The summed E-state index contributed by atoms with van der Waals surface area (Å²) in [5.41, 5.74) is 0.309. The van der Waals surface area contributed by atoms with Gasteiger partial charge in [0, 0.05) is 18.3 Å². The van der Waals surface area contributed by atoms with Crippen molar-refractivity contribution in [2.24, 2.45) is 0 Å². The first kappa shape index (κ1) is 21.4. The Morgan fingerprint density at radius 2 is 1.70 bits per heavy atom. The molecule has 1 aliphatic rings. The van der Waals surface area contributed by atoms with Gasteiger partial charge in [0.2, 0.25) is 5.91 Å². The maximum Gasteiger partial charge on any atom is 0.416 e. The summed E-state index contributed by atoms with van der Waals surface area (Å²) < 4.78 is 48.6. The summed E-state index contributed by atoms with van der Waals surface area (Å²) in [7, 11) is 1.62. The van der Waals surface area contributed by atoms with Crippen LogP contribution in [-0.4, -0.2) is 43.6 Å². The number of alkyl halides is 3. The molecule has 0 unspecified atom stereocenters. The van der Waals surface area contributed by atoms with Gasteiger partial charge in [-0.1, -0.05) is 12.1 Å². The van der Waals surface area contributed by atoms with Crippen LogP contribution in [0.5, 0.6) is 11.5 Å². The van der Waals surface area contributed by atoms with Crippen LogP contribution in [0.15, 0.2) is 42.5 Å². The third kappa shape index (κ3) is 5.86. The molecule has 2 N–H and O–H groups in total. The van der Waals surface area contributed by atoms with Gasteiger partial charge in [-0.05, 0) is 36.9 Å². The van der Waals surface area contributed by atoms with Crippen molar-refractivity contribution in [3.8, 4) is 11.5 Å². The van der Waals surface area contributed by atoms with Crippen molar-refractivity contribution in [3.63, 3.8) is 0 Å². The van der Waals surface area contributed by atoms with Gasteiger partial charge >= 0.3 is 12.2 Å². The lowest BCUT2D eigenvalue weighted by Gasteiger charge is -2.19. The van der Waals surface area contributed by atoms with Crippen LogP contribution in [0.25, 0.3) is 0 Å². The molecule has 0 spiro atoms. The first-order valence-electron chi connectivity index (χ1n) is 9.06. The van der Waals surface area contributed by atoms with Crippen molar-refractivity contribution in [1.82, 2.24) is 10.2 Å². The van der Waals surface area contributed by atoms with Gasteiger partial charge < -0.3 is 14.8 Å². The second-order valence-electron chi connectivity index (χ2n) is 6.73. The van der Waals surface area contributed by atoms with Gasteiger partial charge in [-0.25, -0.2) is 4.79 Å². The zero-order valence-electron chi connectivity index (χ0n) is 16.1. The number of likely N-dealkylation sites (N-methyl/N-ethyl adjacent to an activating group) is 1. The topological polar surface area (TPSA) is 79.9 Å². The molecular weight excluding hydrogens is 403 g/mol. The van der Waals surface area contributed by atoms with Crippen LogP contribution < -0.4 is 20.1 Å². The van der Waals surface area contributed by atoms with Crippen molar-refractivity contribution in [2.75, 3.05) is 32.1 Å². The van der Waals surface area contributed by atoms with Gasteiger partial charge in [0.1, 0.15) is 13.2 Å². The minimum atomic E-state index is -4.39. The van der Waals surface area contributed by atoms with Crippen molar-refractivity contribution < 1.29 is 32.2 Å². The second-order valence-corrected chi connectivity index (χ2v) is 6.73. The molecule has 7 nitrogen and oxygen atoms in total. The van der Waals surface area contributed by atoms with Crippen LogP contribution in [0.4, 0.5) is 23.7 Å². The van der Waals surface area contributed by atoms with Crippen molar-refractivity contribution in [2.45, 2.75) is 12.7 Å². The average molecular weight is 423 g/mol. The standard InChI is InChI=1S/C20H20F3N3O4/c1-26(11-13-2-4-14(5-3-13)20(21,22)23)12-18(27)25-19(28)24-15-6-7-16-17(10-15)30-9-8-29-16/h2-7,10H,8-9,11-12H2,1H3,(H2,24,25,27,28). The van der Waals surface area contributed by atoms with Gasteiger partial charge in [0.25, 0.3) is 0 Å². The van der Waals surface area contributed by atoms with Crippen LogP contribution >= 0.6 is 0 Å². The molecule has 160 valence electrons. The van der Waals surface area contributed by atoms with Crippen molar-refractivity contribution in [3.05, 3.63) is 53.6 Å². The van der Waals surface area contributed by atoms with Crippen molar-refractivity contribution in [1.29, 1.82) is 0 Å². The molecule has 10 heteroatoms. The van der Waals surface area contributed by atoms with Gasteiger partial charge in [-0.3, -0.25) is 15.0 Å². The number of ether oxygens (including phenoxy) is 2. The average Bonchev–Trinajstić information content (AvgIpc) is 2.67. The largest absolute Gasteiger partial charge is 0.486 e. The number of fused-ring (bicyclic) bond motifs is 1. The number of nitrogens with one attached hydrogen (secondary N) is 2. The van der Waals surface area contributed by atoms with Crippen molar-refractivity contribution >= 4 is 17.6 Å². The monoisotopic (exact) mass is 423 g/mol. The van der Waals surface area contributed by atoms with E-state index in [1.165, 1.54) is 12.1 Å². The predicted octanol–water partition coefficient (Wildman–Crippen LogP) is 3.26. The number of amides is 3.